The fourth-order valence-electron chi connectivity index (χ4n) is 3.62. The van der Waals surface area contributed by atoms with E-state index in [4.69, 9.17) is 0 Å². The van der Waals surface area contributed by atoms with Crippen LogP contribution >= 0.6 is 0 Å². The lowest BCUT2D eigenvalue weighted by Gasteiger charge is -2.38. The average Bonchev–Trinajstić information content (AvgIpc) is 2.66. The second-order valence-electron chi connectivity index (χ2n) is 8.34. The Hall–Kier alpha value is -2.24. The Labute approximate surface area is 165 Å². The number of likely N-dealkylation sites (tertiary alicyclic amines) is 1. The number of halogens is 1. The van der Waals surface area contributed by atoms with Crippen LogP contribution in [0.4, 0.5) is 4.39 Å². The zero-order valence-electron chi connectivity index (χ0n) is 16.5. The number of aryl methyl sites for hydroxylation is 1. The minimum atomic E-state index is -1.03. The molecule has 1 heterocycles. The summed E-state index contributed by atoms with van der Waals surface area (Å²) >= 11 is 0. The van der Waals surface area contributed by atoms with Crippen molar-refractivity contribution in [2.75, 3.05) is 13.1 Å². The number of aliphatic hydroxyl groups is 2. The van der Waals surface area contributed by atoms with Crippen LogP contribution in [-0.4, -0.2) is 39.7 Å². The molecule has 1 amide bonds. The van der Waals surface area contributed by atoms with Gasteiger partial charge in [-0.1, -0.05) is 24.3 Å². The fourth-order valence-corrected chi connectivity index (χ4v) is 3.62. The Bertz CT molecular complexity index is 818. The predicted molar refractivity (Wildman–Crippen MR) is 106 cm³/mol. The molecule has 0 bridgehead atoms. The van der Waals surface area contributed by atoms with E-state index >= 15 is 0 Å². The third kappa shape index (κ3) is 4.97. The third-order valence-corrected chi connectivity index (χ3v) is 5.46. The summed E-state index contributed by atoms with van der Waals surface area (Å²) in [6.07, 6.45) is 2.17. The number of nitrogens with zero attached hydrogens (tertiary/aromatic N) is 1. The maximum atomic E-state index is 13.1. The Balaban J connectivity index is 1.64. The number of hydrogen-bond acceptors (Lipinski definition) is 3. The van der Waals surface area contributed by atoms with Gasteiger partial charge in [0, 0.05) is 18.7 Å². The molecule has 0 saturated carbocycles. The Morgan fingerprint density at radius 1 is 1.14 bits per heavy atom. The van der Waals surface area contributed by atoms with E-state index in [1.807, 2.05) is 18.2 Å². The number of amides is 1. The van der Waals surface area contributed by atoms with Crippen LogP contribution in [0, 0.1) is 5.82 Å². The Morgan fingerprint density at radius 2 is 1.79 bits per heavy atom. The Morgan fingerprint density at radius 3 is 2.39 bits per heavy atom. The van der Waals surface area contributed by atoms with E-state index in [1.165, 1.54) is 12.1 Å². The van der Waals surface area contributed by atoms with E-state index < -0.39 is 11.2 Å². The summed E-state index contributed by atoms with van der Waals surface area (Å²) in [6.45, 7) is 4.44. The highest BCUT2D eigenvalue weighted by Crippen LogP contribution is 2.33. The molecule has 0 atom stereocenters. The van der Waals surface area contributed by atoms with Gasteiger partial charge in [0.25, 0.3) is 5.91 Å². The summed E-state index contributed by atoms with van der Waals surface area (Å²) in [4.78, 5) is 14.6. The van der Waals surface area contributed by atoms with Gasteiger partial charge in [-0.2, -0.15) is 0 Å². The normalized spacial score (nSPS) is 16.8. The lowest BCUT2D eigenvalue weighted by Crippen LogP contribution is -2.45. The van der Waals surface area contributed by atoms with Gasteiger partial charge in [-0.05, 0) is 74.9 Å². The SMILES string of the molecule is CC(C)(O)CCc1cccc(C(=O)N2CCC(O)(c3ccc(F)cc3)CC2)c1. The molecule has 0 radical (unpaired) electrons. The van der Waals surface area contributed by atoms with Crippen LogP contribution in [0.1, 0.15) is 54.6 Å². The second-order valence-corrected chi connectivity index (χ2v) is 8.34. The fraction of sp³-hybridized carbons (Fsp3) is 0.435. The van der Waals surface area contributed by atoms with Crippen LogP contribution in [0.2, 0.25) is 0 Å². The minimum Gasteiger partial charge on any atom is -0.390 e. The molecule has 150 valence electrons. The van der Waals surface area contributed by atoms with Gasteiger partial charge in [0.05, 0.1) is 11.2 Å². The molecule has 2 aromatic carbocycles. The number of hydrogen-bond donors (Lipinski definition) is 2. The number of benzene rings is 2. The van der Waals surface area contributed by atoms with Gasteiger partial charge in [0.2, 0.25) is 0 Å². The van der Waals surface area contributed by atoms with Gasteiger partial charge in [-0.15, -0.1) is 0 Å². The molecule has 4 nitrogen and oxygen atoms in total. The first kappa shape index (κ1) is 20.5. The minimum absolute atomic E-state index is 0.0498. The van der Waals surface area contributed by atoms with Gasteiger partial charge in [0.15, 0.2) is 0 Å². The van der Waals surface area contributed by atoms with Gasteiger partial charge >= 0.3 is 0 Å². The van der Waals surface area contributed by atoms with Crippen molar-refractivity contribution in [2.24, 2.45) is 0 Å². The molecule has 28 heavy (non-hydrogen) atoms. The van der Waals surface area contributed by atoms with Crippen molar-refractivity contribution in [2.45, 2.75) is 50.7 Å². The van der Waals surface area contributed by atoms with Crippen molar-refractivity contribution >= 4 is 5.91 Å². The number of piperidine rings is 1. The summed E-state index contributed by atoms with van der Waals surface area (Å²) in [7, 11) is 0. The molecule has 1 fully saturated rings. The highest BCUT2D eigenvalue weighted by molar-refractivity contribution is 5.94. The van der Waals surface area contributed by atoms with Crippen molar-refractivity contribution < 1.29 is 19.4 Å². The molecule has 0 aromatic heterocycles. The van der Waals surface area contributed by atoms with Crippen molar-refractivity contribution in [3.63, 3.8) is 0 Å². The molecular weight excluding hydrogens is 357 g/mol. The van der Waals surface area contributed by atoms with Gasteiger partial charge in [-0.3, -0.25) is 4.79 Å². The molecule has 1 aliphatic heterocycles. The third-order valence-electron chi connectivity index (χ3n) is 5.46. The summed E-state index contributed by atoms with van der Waals surface area (Å²) in [6, 6.07) is 13.4. The van der Waals surface area contributed by atoms with Crippen LogP contribution < -0.4 is 0 Å². The van der Waals surface area contributed by atoms with Crippen molar-refractivity contribution in [1.82, 2.24) is 4.90 Å². The Kier molecular flexibility index (Phi) is 5.87. The monoisotopic (exact) mass is 385 g/mol. The maximum Gasteiger partial charge on any atom is 0.253 e. The molecule has 5 heteroatoms. The summed E-state index contributed by atoms with van der Waals surface area (Å²) in [5, 5.41) is 20.8. The van der Waals surface area contributed by atoms with Gasteiger partial charge in [0.1, 0.15) is 5.82 Å². The molecular formula is C23H28FNO3. The largest absolute Gasteiger partial charge is 0.390 e. The van der Waals surface area contributed by atoms with Crippen molar-refractivity contribution in [3.05, 3.63) is 71.0 Å². The topological polar surface area (TPSA) is 60.8 Å². The zero-order chi connectivity index (χ0) is 20.4. The lowest BCUT2D eigenvalue weighted by atomic mass is 9.84. The van der Waals surface area contributed by atoms with Crippen LogP contribution in [-0.2, 0) is 12.0 Å². The van der Waals surface area contributed by atoms with E-state index in [0.29, 0.717) is 49.9 Å². The van der Waals surface area contributed by atoms with Crippen LogP contribution in [0.3, 0.4) is 0 Å². The molecule has 2 N–H and O–H groups in total. The summed E-state index contributed by atoms with van der Waals surface area (Å²) in [5.74, 6) is -0.379. The molecule has 3 rings (SSSR count). The standard InChI is InChI=1S/C23H28FNO3/c1-22(2,27)11-10-17-4-3-5-18(16-17)21(26)25-14-12-23(28,13-15-25)19-6-8-20(24)9-7-19/h3-9,16,27-28H,10-15H2,1-2H3. The zero-order valence-corrected chi connectivity index (χ0v) is 16.5. The second kappa shape index (κ2) is 8.02. The van der Waals surface area contributed by atoms with Gasteiger partial charge in [-0.25, -0.2) is 4.39 Å². The first-order valence-corrected chi connectivity index (χ1v) is 9.75. The number of rotatable bonds is 5. The van der Waals surface area contributed by atoms with E-state index in [0.717, 1.165) is 5.56 Å². The summed E-state index contributed by atoms with van der Waals surface area (Å²) in [5.41, 5.74) is 0.569. The van der Waals surface area contributed by atoms with E-state index in [-0.39, 0.29) is 11.7 Å². The maximum absolute atomic E-state index is 13.1. The molecule has 1 saturated heterocycles. The highest BCUT2D eigenvalue weighted by Gasteiger charge is 2.35. The van der Waals surface area contributed by atoms with Crippen LogP contribution in [0.25, 0.3) is 0 Å². The highest BCUT2D eigenvalue weighted by atomic mass is 19.1. The smallest absolute Gasteiger partial charge is 0.253 e. The van der Waals surface area contributed by atoms with Crippen molar-refractivity contribution in [1.29, 1.82) is 0 Å². The number of carbonyl (C=O) groups excluding carboxylic acids is 1. The van der Waals surface area contributed by atoms with Gasteiger partial charge < -0.3 is 15.1 Å². The summed E-state index contributed by atoms with van der Waals surface area (Å²) < 4.78 is 13.1. The predicted octanol–water partition coefficient (Wildman–Crippen LogP) is 3.65. The van der Waals surface area contributed by atoms with E-state index in [2.05, 4.69) is 0 Å². The first-order chi connectivity index (χ1) is 13.2. The van der Waals surface area contributed by atoms with E-state index in [9.17, 15) is 19.4 Å². The van der Waals surface area contributed by atoms with Crippen LogP contribution in [0.5, 0.6) is 0 Å². The molecule has 2 aromatic rings. The molecule has 0 unspecified atom stereocenters. The van der Waals surface area contributed by atoms with E-state index in [1.54, 1.807) is 36.9 Å². The molecule has 0 spiro atoms. The molecule has 0 aliphatic carbocycles. The van der Waals surface area contributed by atoms with Crippen LogP contribution in [0.15, 0.2) is 48.5 Å². The lowest BCUT2D eigenvalue weighted by molar-refractivity contribution is -0.0211. The average molecular weight is 385 g/mol. The molecule has 1 aliphatic rings. The number of carbonyl (C=O) groups is 1. The van der Waals surface area contributed by atoms with Crippen molar-refractivity contribution in [3.8, 4) is 0 Å². The quantitative estimate of drug-likeness (QED) is 0.826. The first-order valence-electron chi connectivity index (χ1n) is 9.75.